The molecule has 2 amide bonds. The van der Waals surface area contributed by atoms with Crippen molar-refractivity contribution in [3.63, 3.8) is 0 Å². The lowest BCUT2D eigenvalue weighted by Crippen LogP contribution is -2.33. The summed E-state index contributed by atoms with van der Waals surface area (Å²) in [6.45, 7) is 3.43. The number of anilines is 2. The summed E-state index contributed by atoms with van der Waals surface area (Å²) in [6.07, 6.45) is 0. The molecule has 0 saturated heterocycles. The SMILES string of the molecule is Cc1cccc(C)c1NC(=O)CNC(=O)c1cccc(S(=O)(=O)Nc2ccccc2F)c1. The lowest BCUT2D eigenvalue weighted by Gasteiger charge is -2.12. The Morgan fingerprint density at radius 1 is 0.906 bits per heavy atom. The second-order valence-electron chi connectivity index (χ2n) is 7.11. The minimum Gasteiger partial charge on any atom is -0.343 e. The number of aryl methyl sites for hydroxylation is 2. The van der Waals surface area contributed by atoms with Gasteiger partial charge >= 0.3 is 0 Å². The van der Waals surface area contributed by atoms with Gasteiger partial charge in [0.25, 0.3) is 15.9 Å². The van der Waals surface area contributed by atoms with Crippen molar-refractivity contribution in [2.75, 3.05) is 16.6 Å². The van der Waals surface area contributed by atoms with Gasteiger partial charge in [-0.3, -0.25) is 14.3 Å². The third-order valence-electron chi connectivity index (χ3n) is 4.68. The van der Waals surface area contributed by atoms with Gasteiger partial charge in [-0.1, -0.05) is 36.4 Å². The molecular weight excluding hydrogens is 433 g/mol. The van der Waals surface area contributed by atoms with Gasteiger partial charge in [0.05, 0.1) is 17.1 Å². The molecule has 0 fully saturated rings. The highest BCUT2D eigenvalue weighted by atomic mass is 32.2. The van der Waals surface area contributed by atoms with Crippen LogP contribution in [0.5, 0.6) is 0 Å². The highest BCUT2D eigenvalue weighted by Crippen LogP contribution is 2.20. The largest absolute Gasteiger partial charge is 0.343 e. The molecule has 0 bridgehead atoms. The number of rotatable bonds is 7. The van der Waals surface area contributed by atoms with E-state index in [1.807, 2.05) is 32.0 Å². The van der Waals surface area contributed by atoms with Crippen LogP contribution in [0.3, 0.4) is 0 Å². The number of benzene rings is 3. The fraction of sp³-hybridized carbons (Fsp3) is 0.130. The summed E-state index contributed by atoms with van der Waals surface area (Å²) in [6, 6.07) is 16.2. The van der Waals surface area contributed by atoms with Crippen molar-refractivity contribution in [1.29, 1.82) is 0 Å². The van der Waals surface area contributed by atoms with Crippen LogP contribution in [-0.2, 0) is 14.8 Å². The number of halogens is 1. The molecule has 0 heterocycles. The summed E-state index contributed by atoms with van der Waals surface area (Å²) in [7, 11) is -4.12. The third-order valence-corrected chi connectivity index (χ3v) is 6.04. The second kappa shape index (κ2) is 9.61. The predicted octanol–water partition coefficient (Wildman–Crippen LogP) is 3.61. The van der Waals surface area contributed by atoms with Gasteiger partial charge in [-0.05, 0) is 55.3 Å². The van der Waals surface area contributed by atoms with Crippen molar-refractivity contribution in [3.8, 4) is 0 Å². The molecule has 9 heteroatoms. The van der Waals surface area contributed by atoms with Crippen molar-refractivity contribution < 1.29 is 22.4 Å². The normalized spacial score (nSPS) is 11.0. The monoisotopic (exact) mass is 455 g/mol. The van der Waals surface area contributed by atoms with Crippen LogP contribution in [0.25, 0.3) is 0 Å². The zero-order valence-electron chi connectivity index (χ0n) is 17.5. The van der Waals surface area contributed by atoms with E-state index < -0.39 is 27.7 Å². The third kappa shape index (κ3) is 5.50. The molecule has 3 rings (SSSR count). The molecule has 0 spiro atoms. The summed E-state index contributed by atoms with van der Waals surface area (Å²) >= 11 is 0. The fourth-order valence-corrected chi connectivity index (χ4v) is 4.12. The van der Waals surface area contributed by atoms with E-state index in [4.69, 9.17) is 0 Å². The molecule has 3 aromatic carbocycles. The van der Waals surface area contributed by atoms with Crippen molar-refractivity contribution in [3.05, 3.63) is 89.2 Å². The van der Waals surface area contributed by atoms with E-state index in [1.54, 1.807) is 0 Å². The molecular formula is C23H22FN3O4S. The molecule has 0 aliphatic rings. The number of sulfonamides is 1. The van der Waals surface area contributed by atoms with Crippen LogP contribution < -0.4 is 15.4 Å². The number of carbonyl (C=O) groups excluding carboxylic acids is 2. The van der Waals surface area contributed by atoms with Crippen LogP contribution in [0.2, 0.25) is 0 Å². The molecule has 0 unspecified atom stereocenters. The Kier molecular flexibility index (Phi) is 6.89. The first kappa shape index (κ1) is 23.0. The molecule has 7 nitrogen and oxygen atoms in total. The number of hydrogen-bond donors (Lipinski definition) is 3. The van der Waals surface area contributed by atoms with E-state index >= 15 is 0 Å². The maximum Gasteiger partial charge on any atom is 0.262 e. The quantitative estimate of drug-likeness (QED) is 0.506. The summed E-state index contributed by atoms with van der Waals surface area (Å²) in [5.74, 6) is -1.76. The Labute approximate surface area is 185 Å². The minimum atomic E-state index is -4.12. The number of nitrogens with one attached hydrogen (secondary N) is 3. The van der Waals surface area contributed by atoms with Crippen molar-refractivity contribution in [1.82, 2.24) is 5.32 Å². The van der Waals surface area contributed by atoms with Gasteiger partial charge in [-0.2, -0.15) is 0 Å². The highest BCUT2D eigenvalue weighted by Gasteiger charge is 2.18. The zero-order chi connectivity index (χ0) is 23.3. The molecule has 0 radical (unpaired) electrons. The standard InChI is InChI=1S/C23H22FN3O4S/c1-15-7-5-8-16(2)22(15)26-21(28)14-25-23(29)17-9-6-10-18(13-17)32(30,31)27-20-12-4-3-11-19(20)24/h3-13,27H,14H2,1-2H3,(H,25,29)(H,26,28). The second-order valence-corrected chi connectivity index (χ2v) is 8.79. The first-order valence-corrected chi connectivity index (χ1v) is 11.2. The molecule has 0 aliphatic heterocycles. The number of amides is 2. The van der Waals surface area contributed by atoms with Gasteiger partial charge in [0.15, 0.2) is 0 Å². The van der Waals surface area contributed by atoms with Crippen LogP contribution in [0, 0.1) is 19.7 Å². The Bertz CT molecular complexity index is 1260. The van der Waals surface area contributed by atoms with Gasteiger partial charge in [0.1, 0.15) is 5.82 Å². The van der Waals surface area contributed by atoms with Crippen LogP contribution >= 0.6 is 0 Å². The molecule has 3 N–H and O–H groups in total. The average Bonchev–Trinajstić information content (AvgIpc) is 2.76. The van der Waals surface area contributed by atoms with E-state index in [9.17, 15) is 22.4 Å². The van der Waals surface area contributed by atoms with Crippen molar-refractivity contribution >= 4 is 33.2 Å². The topological polar surface area (TPSA) is 104 Å². The minimum absolute atomic E-state index is 0.0429. The fourth-order valence-electron chi connectivity index (χ4n) is 3.01. The predicted molar refractivity (Wildman–Crippen MR) is 121 cm³/mol. The van der Waals surface area contributed by atoms with Gasteiger partial charge in [-0.15, -0.1) is 0 Å². The van der Waals surface area contributed by atoms with E-state index in [1.165, 1.54) is 36.4 Å². The van der Waals surface area contributed by atoms with E-state index in [0.29, 0.717) is 5.69 Å². The molecule has 0 aromatic heterocycles. The van der Waals surface area contributed by atoms with Crippen LogP contribution in [0.1, 0.15) is 21.5 Å². The maximum absolute atomic E-state index is 13.8. The lowest BCUT2D eigenvalue weighted by atomic mass is 10.1. The highest BCUT2D eigenvalue weighted by molar-refractivity contribution is 7.92. The molecule has 32 heavy (non-hydrogen) atoms. The Morgan fingerprint density at radius 2 is 1.56 bits per heavy atom. The van der Waals surface area contributed by atoms with E-state index in [0.717, 1.165) is 23.3 Å². The Hall–Kier alpha value is -3.72. The number of hydrogen-bond acceptors (Lipinski definition) is 4. The smallest absolute Gasteiger partial charge is 0.262 e. The Balaban J connectivity index is 1.67. The zero-order valence-corrected chi connectivity index (χ0v) is 18.3. The number of para-hydroxylation sites is 2. The summed E-state index contributed by atoms with van der Waals surface area (Å²) in [4.78, 5) is 24.5. The van der Waals surface area contributed by atoms with Gasteiger partial charge in [0, 0.05) is 11.3 Å². The number of carbonyl (C=O) groups is 2. The van der Waals surface area contributed by atoms with Crippen LogP contribution in [-0.4, -0.2) is 26.8 Å². The lowest BCUT2D eigenvalue weighted by molar-refractivity contribution is -0.115. The maximum atomic E-state index is 13.8. The first-order valence-electron chi connectivity index (χ1n) is 9.69. The van der Waals surface area contributed by atoms with Crippen molar-refractivity contribution in [2.24, 2.45) is 0 Å². The van der Waals surface area contributed by atoms with Crippen molar-refractivity contribution in [2.45, 2.75) is 18.7 Å². The molecule has 0 aliphatic carbocycles. The van der Waals surface area contributed by atoms with E-state index in [2.05, 4.69) is 15.4 Å². The first-order chi connectivity index (χ1) is 15.2. The van der Waals surface area contributed by atoms with E-state index in [-0.39, 0.29) is 22.7 Å². The summed E-state index contributed by atoms with van der Waals surface area (Å²) in [5, 5.41) is 5.23. The summed E-state index contributed by atoms with van der Waals surface area (Å²) in [5.41, 5.74) is 2.31. The molecule has 3 aromatic rings. The summed E-state index contributed by atoms with van der Waals surface area (Å²) < 4.78 is 41.1. The molecule has 0 atom stereocenters. The average molecular weight is 456 g/mol. The molecule has 166 valence electrons. The van der Waals surface area contributed by atoms with Crippen LogP contribution in [0.15, 0.2) is 71.6 Å². The van der Waals surface area contributed by atoms with Gasteiger partial charge < -0.3 is 10.6 Å². The Morgan fingerprint density at radius 3 is 2.25 bits per heavy atom. The van der Waals surface area contributed by atoms with Crippen LogP contribution in [0.4, 0.5) is 15.8 Å². The van der Waals surface area contributed by atoms with Gasteiger partial charge in [-0.25, -0.2) is 12.8 Å². The van der Waals surface area contributed by atoms with Gasteiger partial charge in [0.2, 0.25) is 5.91 Å². The molecule has 0 saturated carbocycles.